The van der Waals surface area contributed by atoms with E-state index in [1.165, 1.54) is 18.2 Å². The number of carbonyl (C=O) groups excluding carboxylic acids is 1. The van der Waals surface area contributed by atoms with E-state index < -0.39 is 5.97 Å². The molecule has 0 saturated heterocycles. The smallest absolute Gasteiger partial charge is 0.331 e. The number of carbonyl (C=O) groups is 1. The quantitative estimate of drug-likeness (QED) is 0.538. The molecule has 0 atom stereocenters. The number of fused-ring (bicyclic) bond motifs is 1. The van der Waals surface area contributed by atoms with Gasteiger partial charge in [0.1, 0.15) is 18.1 Å². The van der Waals surface area contributed by atoms with Crippen LogP contribution in [0.3, 0.4) is 0 Å². The number of benzene rings is 1. The van der Waals surface area contributed by atoms with Crippen molar-refractivity contribution in [3.8, 4) is 0 Å². The molecule has 0 aliphatic carbocycles. The van der Waals surface area contributed by atoms with Crippen molar-refractivity contribution < 1.29 is 13.9 Å². The van der Waals surface area contributed by atoms with Crippen molar-refractivity contribution in [2.24, 2.45) is 0 Å². The number of rotatable bonds is 4. The summed E-state index contributed by atoms with van der Waals surface area (Å²) in [6.07, 6.45) is 6.33. The Morgan fingerprint density at radius 1 is 1.22 bits per heavy atom. The summed E-state index contributed by atoms with van der Waals surface area (Å²) in [4.78, 5) is 16.0. The van der Waals surface area contributed by atoms with Crippen LogP contribution in [0.1, 0.15) is 11.3 Å². The number of aromatic nitrogens is 2. The molecule has 0 bridgehead atoms. The molecular weight excluding hydrogens is 319 g/mol. The van der Waals surface area contributed by atoms with E-state index in [-0.39, 0.29) is 12.4 Å². The second-order valence-electron chi connectivity index (χ2n) is 4.84. The monoisotopic (exact) mass is 330 g/mol. The first-order chi connectivity index (χ1) is 11.1. The molecule has 1 aromatic carbocycles. The molecule has 2 heterocycles. The highest BCUT2D eigenvalue weighted by atomic mass is 35.5. The van der Waals surface area contributed by atoms with Crippen LogP contribution >= 0.6 is 11.6 Å². The fourth-order valence-corrected chi connectivity index (χ4v) is 2.19. The lowest BCUT2D eigenvalue weighted by molar-refractivity contribution is -0.139. The molecule has 0 radical (unpaired) electrons. The molecule has 0 unspecified atom stereocenters. The average Bonchev–Trinajstić information content (AvgIpc) is 2.94. The molecule has 0 aliphatic heterocycles. The van der Waals surface area contributed by atoms with Gasteiger partial charge in [0.05, 0.1) is 10.7 Å². The summed E-state index contributed by atoms with van der Waals surface area (Å²) in [5.41, 5.74) is 2.06. The minimum Gasteiger partial charge on any atom is -0.456 e. The van der Waals surface area contributed by atoms with E-state index >= 15 is 0 Å². The van der Waals surface area contributed by atoms with Gasteiger partial charge in [0.25, 0.3) is 0 Å². The molecule has 0 spiro atoms. The summed E-state index contributed by atoms with van der Waals surface area (Å²) in [5, 5.41) is 0.598. The van der Waals surface area contributed by atoms with E-state index in [9.17, 15) is 9.18 Å². The van der Waals surface area contributed by atoms with Gasteiger partial charge in [0.15, 0.2) is 0 Å². The zero-order valence-corrected chi connectivity index (χ0v) is 12.7. The lowest BCUT2D eigenvalue weighted by Crippen LogP contribution is -2.00. The lowest BCUT2D eigenvalue weighted by atomic mass is 10.2. The molecule has 2 aromatic heterocycles. The molecule has 0 saturated carbocycles. The van der Waals surface area contributed by atoms with Crippen LogP contribution in [-0.4, -0.2) is 15.4 Å². The van der Waals surface area contributed by atoms with Crippen LogP contribution in [0.15, 0.2) is 54.9 Å². The highest BCUT2D eigenvalue weighted by Crippen LogP contribution is 2.12. The van der Waals surface area contributed by atoms with E-state index in [2.05, 4.69) is 4.98 Å². The first kappa shape index (κ1) is 15.2. The fraction of sp³-hybridized carbons (Fsp3) is 0.0588. The molecule has 3 aromatic rings. The predicted molar refractivity (Wildman–Crippen MR) is 85.4 cm³/mol. The molecule has 0 amide bonds. The van der Waals surface area contributed by atoms with Crippen molar-refractivity contribution >= 4 is 29.3 Å². The average molecular weight is 331 g/mol. The van der Waals surface area contributed by atoms with Crippen LogP contribution in [0.4, 0.5) is 4.39 Å². The maximum atomic E-state index is 12.8. The normalized spacial score (nSPS) is 11.2. The van der Waals surface area contributed by atoms with E-state index in [4.69, 9.17) is 16.3 Å². The van der Waals surface area contributed by atoms with Gasteiger partial charge in [-0.05, 0) is 35.9 Å². The van der Waals surface area contributed by atoms with Crippen LogP contribution in [-0.2, 0) is 16.1 Å². The maximum Gasteiger partial charge on any atom is 0.331 e. The number of imidazole rings is 1. The second-order valence-corrected chi connectivity index (χ2v) is 5.27. The topological polar surface area (TPSA) is 43.6 Å². The van der Waals surface area contributed by atoms with Crippen molar-refractivity contribution in [2.75, 3.05) is 0 Å². The summed E-state index contributed by atoms with van der Waals surface area (Å²) in [7, 11) is 0. The third-order valence-corrected chi connectivity index (χ3v) is 3.33. The first-order valence-corrected chi connectivity index (χ1v) is 7.21. The van der Waals surface area contributed by atoms with Crippen molar-refractivity contribution in [2.45, 2.75) is 6.61 Å². The molecule has 116 valence electrons. The first-order valence-electron chi connectivity index (χ1n) is 6.84. The largest absolute Gasteiger partial charge is 0.456 e. The summed E-state index contributed by atoms with van der Waals surface area (Å²) in [6.45, 7) is 0.0614. The number of pyridine rings is 1. The van der Waals surface area contributed by atoms with Crippen molar-refractivity contribution in [1.29, 1.82) is 0 Å². The Bertz CT molecular complexity index is 872. The lowest BCUT2D eigenvalue weighted by Gasteiger charge is -1.98. The Labute approximate surface area is 136 Å². The van der Waals surface area contributed by atoms with E-state index in [0.717, 1.165) is 5.65 Å². The third-order valence-electron chi connectivity index (χ3n) is 3.11. The Morgan fingerprint density at radius 2 is 2.00 bits per heavy atom. The third kappa shape index (κ3) is 3.96. The van der Waals surface area contributed by atoms with Gasteiger partial charge in [-0.2, -0.15) is 0 Å². The molecule has 0 aliphatic rings. The maximum absolute atomic E-state index is 12.8. The van der Waals surface area contributed by atoms with Gasteiger partial charge in [-0.3, -0.25) is 0 Å². The zero-order valence-electron chi connectivity index (χ0n) is 11.9. The van der Waals surface area contributed by atoms with E-state index in [1.807, 2.05) is 0 Å². The van der Waals surface area contributed by atoms with Gasteiger partial charge in [0.2, 0.25) is 0 Å². The van der Waals surface area contributed by atoms with Gasteiger partial charge in [0, 0.05) is 18.5 Å². The molecular formula is C17H12ClFN2O2. The van der Waals surface area contributed by atoms with Gasteiger partial charge < -0.3 is 9.14 Å². The van der Waals surface area contributed by atoms with Gasteiger partial charge in [-0.15, -0.1) is 0 Å². The number of nitrogens with zero attached hydrogens (tertiary/aromatic N) is 2. The van der Waals surface area contributed by atoms with Crippen molar-refractivity contribution in [1.82, 2.24) is 9.38 Å². The second kappa shape index (κ2) is 6.62. The Hall–Kier alpha value is -2.66. The van der Waals surface area contributed by atoms with Gasteiger partial charge >= 0.3 is 5.97 Å². The number of hydrogen-bond acceptors (Lipinski definition) is 3. The van der Waals surface area contributed by atoms with Gasteiger partial charge in [-0.1, -0.05) is 23.7 Å². The molecule has 6 heteroatoms. The van der Waals surface area contributed by atoms with Crippen LogP contribution in [0.25, 0.3) is 11.7 Å². The van der Waals surface area contributed by atoms with E-state index in [0.29, 0.717) is 16.3 Å². The van der Waals surface area contributed by atoms with Crippen molar-refractivity contribution in [3.05, 3.63) is 77.0 Å². The number of halogens is 2. The highest BCUT2D eigenvalue weighted by Gasteiger charge is 2.04. The summed E-state index contributed by atoms with van der Waals surface area (Å²) in [5.74, 6) is -0.818. The Balaban J connectivity index is 1.60. The Morgan fingerprint density at radius 3 is 2.78 bits per heavy atom. The molecule has 0 fully saturated rings. The van der Waals surface area contributed by atoms with Crippen molar-refractivity contribution in [3.63, 3.8) is 0 Å². The fourth-order valence-electron chi connectivity index (χ4n) is 2.02. The SMILES string of the molecule is O=C(/C=C/c1ccc(F)cc1)OCc1cn2cc(Cl)ccc2n1. The molecule has 4 nitrogen and oxygen atoms in total. The number of hydrogen-bond donors (Lipinski definition) is 0. The van der Waals surface area contributed by atoms with Crippen LogP contribution in [0.5, 0.6) is 0 Å². The summed E-state index contributed by atoms with van der Waals surface area (Å²) in [6, 6.07) is 9.32. The molecule has 0 N–H and O–H groups in total. The number of ether oxygens (including phenoxy) is 1. The molecule has 23 heavy (non-hydrogen) atoms. The Kier molecular flexibility index (Phi) is 4.39. The minimum atomic E-state index is -0.496. The predicted octanol–water partition coefficient (Wildman–Crippen LogP) is 3.88. The van der Waals surface area contributed by atoms with Gasteiger partial charge in [-0.25, -0.2) is 14.2 Å². The standard InChI is InChI=1S/C17H12ClFN2O2/c18-13-4-7-16-20-15(10-21(16)9-13)11-23-17(22)8-3-12-1-5-14(19)6-2-12/h1-10H,11H2/b8-3+. The molecule has 3 rings (SSSR count). The zero-order chi connectivity index (χ0) is 16.2. The van der Waals surface area contributed by atoms with Crippen LogP contribution < -0.4 is 0 Å². The van der Waals surface area contributed by atoms with E-state index in [1.54, 1.807) is 47.1 Å². The van der Waals surface area contributed by atoms with Crippen LogP contribution in [0.2, 0.25) is 5.02 Å². The van der Waals surface area contributed by atoms with Crippen LogP contribution in [0, 0.1) is 5.82 Å². The summed E-state index contributed by atoms with van der Waals surface area (Å²) >= 11 is 5.90. The summed E-state index contributed by atoms with van der Waals surface area (Å²) < 4.78 is 19.7. The number of esters is 1. The minimum absolute atomic E-state index is 0.0614. The highest BCUT2D eigenvalue weighted by molar-refractivity contribution is 6.30.